The average molecular weight is 427 g/mol. The van der Waals surface area contributed by atoms with Gasteiger partial charge in [0.1, 0.15) is 0 Å². The van der Waals surface area contributed by atoms with Crippen molar-refractivity contribution in [3.05, 3.63) is 108 Å². The summed E-state index contributed by atoms with van der Waals surface area (Å²) in [4.78, 5) is 15.4. The zero-order valence-corrected chi connectivity index (χ0v) is 17.9. The second-order valence-electron chi connectivity index (χ2n) is 7.56. The lowest BCUT2D eigenvalue weighted by Gasteiger charge is -2.29. The van der Waals surface area contributed by atoms with Gasteiger partial charge < -0.3 is 14.8 Å². The van der Waals surface area contributed by atoms with Crippen molar-refractivity contribution in [3.63, 3.8) is 0 Å². The number of thiocarbonyl (C=S) groups is 1. The van der Waals surface area contributed by atoms with E-state index in [1.807, 2.05) is 61.2 Å². The van der Waals surface area contributed by atoms with Crippen molar-refractivity contribution in [2.75, 3.05) is 0 Å². The Morgan fingerprint density at radius 2 is 1.81 bits per heavy atom. The van der Waals surface area contributed by atoms with Gasteiger partial charge in [0, 0.05) is 42.7 Å². The number of hydrogen-bond donors (Lipinski definition) is 1. The molecule has 4 aromatic heterocycles. The summed E-state index contributed by atoms with van der Waals surface area (Å²) in [6.45, 7) is 2.79. The minimum Gasteiger partial charge on any atom is -0.352 e. The number of rotatable bonds is 5. The van der Waals surface area contributed by atoms with Crippen molar-refractivity contribution >= 4 is 17.3 Å². The Kier molecular flexibility index (Phi) is 5.18. The molecule has 0 spiro atoms. The fraction of sp³-hybridized carbons (Fsp3) is 0.167. The molecule has 154 valence electrons. The van der Waals surface area contributed by atoms with Crippen LogP contribution >= 0.6 is 12.2 Å². The minimum absolute atomic E-state index is 0.0375. The van der Waals surface area contributed by atoms with E-state index in [9.17, 15) is 0 Å². The molecular formula is C24H22N6S. The van der Waals surface area contributed by atoms with Gasteiger partial charge in [-0.25, -0.2) is 0 Å². The van der Waals surface area contributed by atoms with Gasteiger partial charge in [0.15, 0.2) is 5.11 Å². The maximum Gasteiger partial charge on any atom is 0.170 e. The molecule has 0 radical (unpaired) electrons. The molecule has 7 heteroatoms. The smallest absolute Gasteiger partial charge is 0.170 e. The number of nitrogens with one attached hydrogen (secondary N) is 1. The lowest BCUT2D eigenvalue weighted by Crippen LogP contribution is -2.30. The molecule has 4 aromatic rings. The normalized spacial score (nSPS) is 18.2. The number of aryl methyl sites for hydroxylation is 1. The van der Waals surface area contributed by atoms with Crippen molar-refractivity contribution < 1.29 is 0 Å². The van der Waals surface area contributed by atoms with Crippen LogP contribution in [0.15, 0.2) is 85.6 Å². The third-order valence-corrected chi connectivity index (χ3v) is 5.97. The first-order chi connectivity index (χ1) is 15.2. The highest BCUT2D eigenvalue weighted by Gasteiger charge is 2.41. The predicted octanol–water partition coefficient (Wildman–Crippen LogP) is 4.14. The van der Waals surface area contributed by atoms with Gasteiger partial charge in [-0.2, -0.15) is 0 Å². The third kappa shape index (κ3) is 3.68. The fourth-order valence-electron chi connectivity index (χ4n) is 4.21. The van der Waals surface area contributed by atoms with Crippen LogP contribution in [0.1, 0.15) is 34.7 Å². The average Bonchev–Trinajstić information content (AvgIpc) is 3.35. The molecule has 1 fully saturated rings. The van der Waals surface area contributed by atoms with Gasteiger partial charge in [-0.05, 0) is 73.2 Å². The van der Waals surface area contributed by atoms with E-state index in [2.05, 4.69) is 54.9 Å². The summed E-state index contributed by atoms with van der Waals surface area (Å²) in [6.07, 6.45) is 9.14. The zero-order chi connectivity index (χ0) is 21.2. The zero-order valence-electron chi connectivity index (χ0n) is 17.1. The van der Waals surface area contributed by atoms with Gasteiger partial charge in [0.2, 0.25) is 0 Å². The topological polar surface area (TPSA) is 58.9 Å². The largest absolute Gasteiger partial charge is 0.352 e. The lowest BCUT2D eigenvalue weighted by molar-refractivity contribution is 0.302. The first-order valence-electron chi connectivity index (χ1n) is 10.2. The SMILES string of the molecule is Cc1ccc([C@H]2[C@H](c3ccccn3)NC(=S)N2Cc2ccncc2)n1-c1cccnc1. The maximum absolute atomic E-state index is 5.81. The second kappa shape index (κ2) is 8.28. The molecule has 0 amide bonds. The Hall–Kier alpha value is -3.58. The highest BCUT2D eigenvalue weighted by molar-refractivity contribution is 7.80. The molecular weight excluding hydrogens is 404 g/mol. The molecule has 0 saturated carbocycles. The van der Waals surface area contributed by atoms with E-state index in [4.69, 9.17) is 12.2 Å². The van der Waals surface area contributed by atoms with Crippen LogP contribution in [0.4, 0.5) is 0 Å². The quantitative estimate of drug-likeness (QED) is 0.484. The van der Waals surface area contributed by atoms with E-state index in [0.717, 1.165) is 28.3 Å². The van der Waals surface area contributed by atoms with Crippen LogP contribution in [-0.4, -0.2) is 29.5 Å². The van der Waals surface area contributed by atoms with E-state index in [1.165, 1.54) is 0 Å². The molecule has 0 unspecified atom stereocenters. The van der Waals surface area contributed by atoms with E-state index in [0.29, 0.717) is 11.7 Å². The first-order valence-corrected chi connectivity index (χ1v) is 10.6. The third-order valence-electron chi connectivity index (χ3n) is 5.61. The lowest BCUT2D eigenvalue weighted by atomic mass is 10.0. The van der Waals surface area contributed by atoms with Crippen LogP contribution in [-0.2, 0) is 6.54 Å². The van der Waals surface area contributed by atoms with Gasteiger partial charge in [-0.3, -0.25) is 15.0 Å². The summed E-state index contributed by atoms with van der Waals surface area (Å²) in [6, 6.07) is 18.3. The Morgan fingerprint density at radius 3 is 2.55 bits per heavy atom. The molecule has 31 heavy (non-hydrogen) atoms. The van der Waals surface area contributed by atoms with Crippen LogP contribution in [0, 0.1) is 6.92 Å². The molecule has 1 saturated heterocycles. The standard InChI is InChI=1S/C24H22N6S/c1-17-7-8-21(30(17)19-5-4-11-26-15-19)23-22(20-6-2-3-12-27-20)28-24(31)29(23)16-18-9-13-25-14-10-18/h2-15,22-23H,16H2,1H3,(H,28,31)/t22-,23-/m0/s1. The Morgan fingerprint density at radius 1 is 0.935 bits per heavy atom. The van der Waals surface area contributed by atoms with Gasteiger partial charge in [0.05, 0.1) is 29.7 Å². The molecule has 6 nitrogen and oxygen atoms in total. The van der Waals surface area contributed by atoms with Crippen molar-refractivity contribution in [2.45, 2.75) is 25.6 Å². The number of pyridine rings is 3. The van der Waals surface area contributed by atoms with E-state index in [1.54, 1.807) is 6.20 Å². The molecule has 1 N–H and O–H groups in total. The van der Waals surface area contributed by atoms with Crippen LogP contribution in [0.3, 0.4) is 0 Å². The van der Waals surface area contributed by atoms with Crippen molar-refractivity contribution in [2.24, 2.45) is 0 Å². The summed E-state index contributed by atoms with van der Waals surface area (Å²) < 4.78 is 2.25. The van der Waals surface area contributed by atoms with Crippen LogP contribution < -0.4 is 5.32 Å². The highest BCUT2D eigenvalue weighted by atomic mass is 32.1. The van der Waals surface area contributed by atoms with Gasteiger partial charge in [-0.15, -0.1) is 0 Å². The monoisotopic (exact) mass is 426 g/mol. The molecule has 0 aliphatic carbocycles. The summed E-state index contributed by atoms with van der Waals surface area (Å²) in [5.41, 5.74) is 5.43. The first kappa shape index (κ1) is 19.4. The minimum atomic E-state index is -0.0692. The summed E-state index contributed by atoms with van der Waals surface area (Å²) in [5, 5.41) is 4.24. The fourth-order valence-corrected chi connectivity index (χ4v) is 4.52. The Labute approximate surface area is 186 Å². The van der Waals surface area contributed by atoms with Gasteiger partial charge in [0.25, 0.3) is 0 Å². The van der Waals surface area contributed by atoms with Crippen molar-refractivity contribution in [1.29, 1.82) is 0 Å². The highest BCUT2D eigenvalue weighted by Crippen LogP contribution is 2.40. The Balaban J connectivity index is 1.63. The predicted molar refractivity (Wildman–Crippen MR) is 124 cm³/mol. The summed E-state index contributed by atoms with van der Waals surface area (Å²) in [5.74, 6) is 0. The Bertz CT molecular complexity index is 1180. The molecule has 1 aliphatic heterocycles. The van der Waals surface area contributed by atoms with Crippen molar-refractivity contribution in [1.82, 2.24) is 29.7 Å². The number of aromatic nitrogens is 4. The van der Waals surface area contributed by atoms with Crippen LogP contribution in [0.2, 0.25) is 0 Å². The van der Waals surface area contributed by atoms with E-state index < -0.39 is 0 Å². The molecule has 2 atom stereocenters. The molecule has 5 heterocycles. The maximum atomic E-state index is 5.81. The molecule has 1 aliphatic rings. The molecule has 0 bridgehead atoms. The van der Waals surface area contributed by atoms with Gasteiger partial charge >= 0.3 is 0 Å². The molecule has 5 rings (SSSR count). The van der Waals surface area contributed by atoms with Crippen LogP contribution in [0.5, 0.6) is 0 Å². The van der Waals surface area contributed by atoms with E-state index in [-0.39, 0.29) is 12.1 Å². The summed E-state index contributed by atoms with van der Waals surface area (Å²) in [7, 11) is 0. The van der Waals surface area contributed by atoms with Crippen molar-refractivity contribution in [3.8, 4) is 5.69 Å². The number of hydrogen-bond acceptors (Lipinski definition) is 4. The second-order valence-corrected chi connectivity index (χ2v) is 7.94. The van der Waals surface area contributed by atoms with Gasteiger partial charge in [-0.1, -0.05) is 6.07 Å². The summed E-state index contributed by atoms with van der Waals surface area (Å²) >= 11 is 5.81. The van der Waals surface area contributed by atoms with E-state index >= 15 is 0 Å². The number of nitrogens with zero attached hydrogens (tertiary/aromatic N) is 5. The molecule has 0 aromatic carbocycles. The van der Waals surface area contributed by atoms with Crippen LogP contribution in [0.25, 0.3) is 5.69 Å².